The summed E-state index contributed by atoms with van der Waals surface area (Å²) >= 11 is 0. The van der Waals surface area contributed by atoms with Crippen LogP contribution in [0.5, 0.6) is 0 Å². The minimum atomic E-state index is -4.94. The van der Waals surface area contributed by atoms with E-state index in [1.54, 1.807) is 6.20 Å². The fourth-order valence-corrected chi connectivity index (χ4v) is 2.32. The predicted octanol–water partition coefficient (Wildman–Crippen LogP) is -2.16. The minimum absolute atomic E-state index is 0.648. The summed E-state index contributed by atoms with van der Waals surface area (Å²) in [5.41, 5.74) is 8.83. The van der Waals surface area contributed by atoms with Crippen LogP contribution < -0.4 is 34.4 Å². The molecule has 0 spiro atoms. The lowest BCUT2D eigenvalue weighted by atomic mass is 10.1. The first-order valence-electron chi connectivity index (χ1n) is 7.96. The molecule has 3 aromatic rings. The van der Waals surface area contributed by atoms with E-state index in [1.807, 2.05) is 47.1 Å². The molecule has 0 aliphatic rings. The Morgan fingerprint density at radius 3 is 2.07 bits per heavy atom. The highest BCUT2D eigenvalue weighted by Gasteiger charge is 2.13. The molecule has 142 valence electrons. The van der Waals surface area contributed by atoms with Crippen molar-refractivity contribution < 1.29 is 33.6 Å². The molecule has 0 atom stereocenters. The maximum Gasteiger partial charge on any atom is 0.302 e. The second-order valence-electron chi connectivity index (χ2n) is 5.46. The third-order valence-electron chi connectivity index (χ3n) is 3.42. The molecule has 3 N–H and O–H groups in total. The van der Waals surface area contributed by atoms with Crippen LogP contribution in [-0.4, -0.2) is 11.6 Å². The predicted molar refractivity (Wildman–Crippen MR) is 88.8 cm³/mol. The Morgan fingerprint density at radius 1 is 0.926 bits per heavy atom. The van der Waals surface area contributed by atoms with Gasteiger partial charge in [0.2, 0.25) is 0 Å². The zero-order chi connectivity index (χ0) is 19.7. The molecule has 8 nitrogen and oxygen atoms in total. The molecule has 0 aliphatic heterocycles. The van der Waals surface area contributed by atoms with Crippen molar-refractivity contribution in [2.75, 3.05) is 17.6 Å². The smallest absolute Gasteiger partial charge is 0.302 e. The number of nitrogen functional groups attached to an aromatic ring is 1. The van der Waals surface area contributed by atoms with Crippen LogP contribution in [0.2, 0.25) is 0 Å². The highest BCUT2D eigenvalue weighted by atomic mass is 35.7. The number of aromatic nitrogens is 2. The Balaban J connectivity index is 0.000000465. The molecule has 3 rings (SSSR count). The molecule has 0 aliphatic carbocycles. The summed E-state index contributed by atoms with van der Waals surface area (Å²) < 4.78 is 35.8. The van der Waals surface area contributed by atoms with E-state index in [0.29, 0.717) is 5.69 Å². The van der Waals surface area contributed by atoms with Crippen molar-refractivity contribution in [3.63, 3.8) is 0 Å². The van der Waals surface area contributed by atoms with Crippen molar-refractivity contribution in [1.82, 2.24) is 5.10 Å². The number of anilines is 2. The summed E-state index contributed by atoms with van der Waals surface area (Å²) in [5.74, 6) is 0.891. The van der Waals surface area contributed by atoms with Gasteiger partial charge in [0.05, 0.1) is 24.5 Å². The van der Waals surface area contributed by atoms with Gasteiger partial charge in [0.1, 0.15) is 0 Å². The molecule has 9 heteroatoms. The Labute approximate surface area is 158 Å². The molecule has 0 radical (unpaired) electrons. The number of hydrogen-bond acceptors (Lipinski definition) is 7. The van der Waals surface area contributed by atoms with Gasteiger partial charge in [-0.05, 0) is 17.7 Å². The average Bonchev–Trinajstić information content (AvgIpc) is 2.62. The molecular weight excluding hydrogens is 372 g/mol. The van der Waals surface area contributed by atoms with E-state index in [2.05, 4.69) is 34.7 Å². The maximum absolute atomic E-state index is 8.49. The highest BCUT2D eigenvalue weighted by molar-refractivity contribution is 5.44. The van der Waals surface area contributed by atoms with Crippen LogP contribution in [0.3, 0.4) is 0 Å². The summed E-state index contributed by atoms with van der Waals surface area (Å²) in [6, 6.07) is 22.3. The van der Waals surface area contributed by atoms with Crippen LogP contribution in [0.4, 0.5) is 11.5 Å². The topological polar surface area (TPSA) is 147 Å². The van der Waals surface area contributed by atoms with Gasteiger partial charge in [-0.3, -0.25) is 5.32 Å². The normalized spacial score (nSPS) is 10.7. The third kappa shape index (κ3) is 7.99. The second kappa shape index (κ2) is 9.81. The van der Waals surface area contributed by atoms with Crippen molar-refractivity contribution in [3.8, 4) is 5.69 Å². The van der Waals surface area contributed by atoms with Gasteiger partial charge in [-0.1, -0.05) is 58.3 Å². The summed E-state index contributed by atoms with van der Waals surface area (Å²) in [7, 11) is -4.94. The van der Waals surface area contributed by atoms with Crippen molar-refractivity contribution in [2.45, 2.75) is 6.42 Å². The molecule has 0 fully saturated rings. The van der Waals surface area contributed by atoms with Gasteiger partial charge in [-0.25, -0.2) is 18.6 Å². The number of nitrogens with one attached hydrogen (secondary N) is 1. The van der Waals surface area contributed by atoms with Crippen molar-refractivity contribution in [1.29, 1.82) is 0 Å². The van der Waals surface area contributed by atoms with Crippen LogP contribution in [0.1, 0.15) is 5.56 Å². The second-order valence-corrected chi connectivity index (χ2v) is 6.22. The van der Waals surface area contributed by atoms with Gasteiger partial charge < -0.3 is 5.73 Å². The standard InChI is InChI=1S/C18H18N4.ClHO4/c19-16-13-18(20-12-11-15-7-3-1-4-8-15)22(21-14-16)17-9-5-2-6-10-17;2-1(3,4)5/h1-10,13-14H,11-12H2,(H2,19,20);(H,2,3,4,5). The highest BCUT2D eigenvalue weighted by Crippen LogP contribution is 2.09. The van der Waals surface area contributed by atoms with E-state index in [9.17, 15) is 0 Å². The molecule has 0 unspecified atom stereocenters. The minimum Gasteiger partial charge on any atom is -0.397 e. The lowest BCUT2D eigenvalue weighted by molar-refractivity contribution is -2.00. The molecule has 1 heterocycles. The fraction of sp³-hybridized carbons (Fsp3) is 0.111. The molecule has 0 saturated heterocycles. The largest absolute Gasteiger partial charge is 0.397 e. The Morgan fingerprint density at radius 2 is 1.48 bits per heavy atom. The van der Waals surface area contributed by atoms with Crippen LogP contribution in [0.15, 0.2) is 72.9 Å². The van der Waals surface area contributed by atoms with Gasteiger partial charge in [0, 0.05) is 6.42 Å². The van der Waals surface area contributed by atoms with E-state index < -0.39 is 10.2 Å². The quantitative estimate of drug-likeness (QED) is 0.471. The number of benzene rings is 2. The number of nitrogens with zero attached hydrogens (tertiary/aromatic N) is 2. The summed E-state index contributed by atoms with van der Waals surface area (Å²) in [4.78, 5) is 0. The molecular formula is C18H19ClN4O4. The van der Waals surface area contributed by atoms with Crippen LogP contribution in [0, 0.1) is 10.2 Å². The Kier molecular flexibility index (Phi) is 7.47. The monoisotopic (exact) mass is 390 g/mol. The molecule has 0 saturated carbocycles. The first-order chi connectivity index (χ1) is 12.8. The lowest BCUT2D eigenvalue weighted by Gasteiger charge is -2.17. The lowest BCUT2D eigenvalue weighted by Crippen LogP contribution is -2.68. The van der Waals surface area contributed by atoms with Gasteiger partial charge in [0.25, 0.3) is 0 Å². The maximum atomic E-state index is 8.49. The average molecular weight is 391 g/mol. The van der Waals surface area contributed by atoms with E-state index >= 15 is 0 Å². The van der Waals surface area contributed by atoms with Gasteiger partial charge in [-0.15, -0.1) is 10.2 Å². The summed E-state index contributed by atoms with van der Waals surface area (Å²) in [5, 5.41) is 7.82. The van der Waals surface area contributed by atoms with Crippen molar-refractivity contribution in [3.05, 3.63) is 78.5 Å². The van der Waals surface area contributed by atoms with Gasteiger partial charge in [-0.2, -0.15) is 0 Å². The zero-order valence-corrected chi connectivity index (χ0v) is 15.1. The number of rotatable bonds is 5. The fourth-order valence-electron chi connectivity index (χ4n) is 2.32. The Bertz CT molecular complexity index is 824. The molecule has 1 aromatic heterocycles. The van der Waals surface area contributed by atoms with Gasteiger partial charge >= 0.3 is 5.82 Å². The number of para-hydroxylation sites is 1. The first-order valence-corrected chi connectivity index (χ1v) is 9.19. The van der Waals surface area contributed by atoms with Crippen molar-refractivity contribution in [2.24, 2.45) is 0 Å². The third-order valence-corrected chi connectivity index (χ3v) is 3.42. The molecule has 27 heavy (non-hydrogen) atoms. The van der Waals surface area contributed by atoms with Crippen LogP contribution >= 0.6 is 0 Å². The van der Waals surface area contributed by atoms with Crippen LogP contribution in [-0.2, 0) is 6.42 Å². The van der Waals surface area contributed by atoms with Crippen LogP contribution in [0.25, 0.3) is 5.69 Å². The number of halogens is 1. The SMILES string of the molecule is Nc1cn[n+](-c2ccccc2)c(NCCc2ccccc2)c1.[O-][Cl+3]([O-])([O-])[O-]. The van der Waals surface area contributed by atoms with E-state index in [4.69, 9.17) is 24.4 Å². The van der Waals surface area contributed by atoms with E-state index in [0.717, 1.165) is 24.5 Å². The summed E-state index contributed by atoms with van der Waals surface area (Å²) in [6.45, 7) is 0.821. The van der Waals surface area contributed by atoms with E-state index in [-0.39, 0.29) is 0 Å². The Hall–Kier alpha value is -2.75. The number of nitrogens with two attached hydrogens (primary N) is 1. The van der Waals surface area contributed by atoms with Gasteiger partial charge in [0.15, 0.2) is 5.69 Å². The first kappa shape index (κ1) is 20.6. The molecule has 0 amide bonds. The number of hydrogen-bond donors (Lipinski definition) is 2. The zero-order valence-electron chi connectivity index (χ0n) is 14.3. The van der Waals surface area contributed by atoms with Crippen molar-refractivity contribution >= 4 is 11.5 Å². The molecule has 0 bridgehead atoms. The summed E-state index contributed by atoms with van der Waals surface area (Å²) in [6.07, 6.45) is 2.61. The van der Waals surface area contributed by atoms with E-state index in [1.165, 1.54) is 5.56 Å². The molecule has 2 aromatic carbocycles.